The normalized spacial score (nSPS) is 18.5. The van der Waals surface area contributed by atoms with Crippen LogP contribution >= 0.6 is 11.3 Å². The van der Waals surface area contributed by atoms with Gasteiger partial charge in [0, 0.05) is 34.7 Å². The van der Waals surface area contributed by atoms with Crippen LogP contribution in [0.4, 0.5) is 15.3 Å². The second-order valence-corrected chi connectivity index (χ2v) is 14.5. The number of aromatic nitrogens is 1. The van der Waals surface area contributed by atoms with E-state index in [4.69, 9.17) is 14.5 Å². The number of thiazole rings is 1. The molecule has 1 unspecified atom stereocenters. The van der Waals surface area contributed by atoms with Gasteiger partial charge in [-0.3, -0.25) is 10.1 Å². The molecule has 1 aliphatic carbocycles. The molecule has 0 saturated heterocycles. The molecular formula is C29H40N4O6S2. The number of carbonyl (C=O) groups is 3. The van der Waals surface area contributed by atoms with Gasteiger partial charge in [0.25, 0.3) is 5.91 Å². The summed E-state index contributed by atoms with van der Waals surface area (Å²) in [7, 11) is -3.26. The number of rotatable bonds is 9. The van der Waals surface area contributed by atoms with Gasteiger partial charge in [0.05, 0.1) is 36.7 Å². The average molecular weight is 605 g/mol. The molecule has 1 heterocycles. The molecule has 12 heteroatoms. The van der Waals surface area contributed by atoms with Crippen LogP contribution in [-0.4, -0.2) is 50.8 Å². The zero-order valence-corrected chi connectivity index (χ0v) is 26.1. The predicted molar refractivity (Wildman–Crippen MR) is 162 cm³/mol. The number of benzene rings is 1. The van der Waals surface area contributed by atoms with Crippen molar-refractivity contribution in [1.29, 1.82) is 0 Å². The molecule has 2 aromatic rings. The number of amides is 3. The van der Waals surface area contributed by atoms with E-state index in [-0.39, 0.29) is 24.2 Å². The first-order chi connectivity index (χ1) is 19.3. The van der Waals surface area contributed by atoms with E-state index >= 15 is 0 Å². The number of alkyl carbamates (subject to hydrolysis) is 1. The summed E-state index contributed by atoms with van der Waals surface area (Å²) in [6, 6.07) is 5.11. The van der Waals surface area contributed by atoms with Gasteiger partial charge in [-0.2, -0.15) is 4.36 Å². The van der Waals surface area contributed by atoms with E-state index in [1.165, 1.54) is 11.3 Å². The maximum atomic E-state index is 14.3. The Kier molecular flexibility index (Phi) is 11.1. The summed E-state index contributed by atoms with van der Waals surface area (Å²) in [5.41, 5.74) is 0.998. The molecule has 2 N–H and O–H groups in total. The van der Waals surface area contributed by atoms with Crippen molar-refractivity contribution in [2.45, 2.75) is 102 Å². The highest BCUT2D eigenvalue weighted by molar-refractivity contribution is 7.94. The Bertz CT molecular complexity index is 1380. The molecule has 1 aromatic carbocycles. The molecule has 0 radical (unpaired) electrons. The zero-order chi connectivity index (χ0) is 30.3. The van der Waals surface area contributed by atoms with E-state index in [2.05, 4.69) is 21.6 Å². The quantitative estimate of drug-likeness (QED) is 0.298. The second kappa shape index (κ2) is 14.1. The van der Waals surface area contributed by atoms with E-state index < -0.39 is 33.1 Å². The van der Waals surface area contributed by atoms with E-state index in [9.17, 15) is 18.6 Å². The SMILES string of the molecule is C=CC(=O)N=S(=O)(c1cc(NC(=O)OC(C)C)ccc1-c1cnc(C2CCC(NC(=O)OC(C)C)CC2)s1)C(C)C. The maximum absolute atomic E-state index is 14.3. The number of nitrogens with one attached hydrogen (secondary N) is 2. The summed E-state index contributed by atoms with van der Waals surface area (Å²) < 4.78 is 28.8. The number of hydrogen-bond acceptors (Lipinski definition) is 8. The highest BCUT2D eigenvalue weighted by Crippen LogP contribution is 2.41. The molecule has 1 aliphatic rings. The van der Waals surface area contributed by atoms with Gasteiger partial charge in [-0.05, 0) is 85.4 Å². The van der Waals surface area contributed by atoms with Crippen LogP contribution in [0.25, 0.3) is 10.4 Å². The third-order valence-corrected chi connectivity index (χ3v) is 10.3. The molecule has 224 valence electrons. The maximum Gasteiger partial charge on any atom is 0.411 e. The van der Waals surface area contributed by atoms with Crippen LogP contribution in [0.15, 0.2) is 46.3 Å². The Labute approximate surface area is 246 Å². The fraction of sp³-hybridized carbons (Fsp3) is 0.517. The minimum absolute atomic E-state index is 0.0608. The minimum Gasteiger partial charge on any atom is -0.447 e. The Hall–Kier alpha value is -3.25. The lowest BCUT2D eigenvalue weighted by Gasteiger charge is -2.28. The van der Waals surface area contributed by atoms with Crippen LogP contribution in [0.3, 0.4) is 0 Å². The minimum atomic E-state index is -3.26. The van der Waals surface area contributed by atoms with Crippen molar-refractivity contribution in [2.24, 2.45) is 4.36 Å². The third-order valence-electron chi connectivity index (χ3n) is 6.46. The first-order valence-corrected chi connectivity index (χ1v) is 16.2. The van der Waals surface area contributed by atoms with Crippen molar-refractivity contribution in [3.8, 4) is 10.4 Å². The molecule has 3 amide bonds. The fourth-order valence-electron chi connectivity index (χ4n) is 4.49. The predicted octanol–water partition coefficient (Wildman–Crippen LogP) is 6.88. The summed E-state index contributed by atoms with van der Waals surface area (Å²) in [6.45, 7) is 14.1. The summed E-state index contributed by atoms with van der Waals surface area (Å²) in [5, 5.41) is 6.05. The number of hydrogen-bond donors (Lipinski definition) is 2. The first-order valence-electron chi connectivity index (χ1n) is 13.8. The van der Waals surface area contributed by atoms with Crippen molar-refractivity contribution >= 4 is 44.8 Å². The van der Waals surface area contributed by atoms with Crippen molar-refractivity contribution in [2.75, 3.05) is 5.32 Å². The second-order valence-electron chi connectivity index (χ2n) is 10.8. The molecule has 10 nitrogen and oxygen atoms in total. The fourth-order valence-corrected chi connectivity index (χ4v) is 7.63. The van der Waals surface area contributed by atoms with Gasteiger partial charge in [0.15, 0.2) is 0 Å². The summed E-state index contributed by atoms with van der Waals surface area (Å²) in [5.74, 6) is -0.454. The molecule has 1 atom stereocenters. The standard InChI is InChI=1S/C29H40N4O6S2/c1-8-26(34)33-41(37,19(6)7)25-15-22(32-29(36)39-18(4)5)13-14-23(25)24-16-30-27(40-24)20-9-11-21(12-10-20)31-28(35)38-17(2)3/h8,13-21H,1,9-12H2,2-7H3,(H,31,35)(H,32,36). The number of nitrogens with zero attached hydrogens (tertiary/aromatic N) is 2. The molecule has 3 rings (SSSR count). The molecule has 0 spiro atoms. The van der Waals surface area contributed by atoms with Gasteiger partial charge in [-0.1, -0.05) is 12.6 Å². The first kappa shape index (κ1) is 32.3. The molecule has 0 aliphatic heterocycles. The third kappa shape index (κ3) is 8.62. The van der Waals surface area contributed by atoms with Crippen LogP contribution in [0.5, 0.6) is 0 Å². The van der Waals surface area contributed by atoms with Crippen LogP contribution in [0.1, 0.15) is 78.2 Å². The van der Waals surface area contributed by atoms with Gasteiger partial charge < -0.3 is 14.8 Å². The van der Waals surface area contributed by atoms with Crippen molar-refractivity contribution < 1.29 is 28.1 Å². The van der Waals surface area contributed by atoms with Crippen LogP contribution in [0, 0.1) is 0 Å². The molecule has 1 fully saturated rings. The van der Waals surface area contributed by atoms with Crippen molar-refractivity contribution in [1.82, 2.24) is 10.3 Å². The van der Waals surface area contributed by atoms with Crippen molar-refractivity contribution in [3.63, 3.8) is 0 Å². The lowest BCUT2D eigenvalue weighted by molar-refractivity contribution is -0.113. The summed E-state index contributed by atoms with van der Waals surface area (Å²) >= 11 is 1.50. The molecule has 1 saturated carbocycles. The van der Waals surface area contributed by atoms with Gasteiger partial charge >= 0.3 is 12.2 Å². The average Bonchev–Trinajstić information content (AvgIpc) is 3.38. The van der Waals surface area contributed by atoms with Gasteiger partial charge in [-0.25, -0.2) is 18.8 Å². The topological polar surface area (TPSA) is 136 Å². The zero-order valence-electron chi connectivity index (χ0n) is 24.5. The van der Waals surface area contributed by atoms with E-state index in [1.54, 1.807) is 52.1 Å². The van der Waals surface area contributed by atoms with E-state index in [1.807, 2.05) is 13.8 Å². The van der Waals surface area contributed by atoms with Crippen molar-refractivity contribution in [3.05, 3.63) is 42.1 Å². The van der Waals surface area contributed by atoms with E-state index in [0.717, 1.165) is 41.6 Å². The summed E-state index contributed by atoms with van der Waals surface area (Å²) in [6.07, 6.45) is 4.61. The Morgan fingerprint density at radius 1 is 1.05 bits per heavy atom. The summed E-state index contributed by atoms with van der Waals surface area (Å²) in [4.78, 5) is 42.4. The highest BCUT2D eigenvalue weighted by Gasteiger charge is 2.28. The lowest BCUT2D eigenvalue weighted by atomic mass is 9.86. The Morgan fingerprint density at radius 2 is 1.68 bits per heavy atom. The number of carbonyl (C=O) groups excluding carboxylic acids is 3. The Balaban J connectivity index is 1.92. The van der Waals surface area contributed by atoms with E-state index in [0.29, 0.717) is 16.1 Å². The molecular weight excluding hydrogens is 564 g/mol. The molecule has 0 bridgehead atoms. The Morgan fingerprint density at radius 3 is 2.27 bits per heavy atom. The monoisotopic (exact) mass is 604 g/mol. The highest BCUT2D eigenvalue weighted by atomic mass is 32.2. The van der Waals surface area contributed by atoms with Crippen LogP contribution < -0.4 is 10.6 Å². The van der Waals surface area contributed by atoms with Crippen LogP contribution in [0.2, 0.25) is 0 Å². The molecule has 41 heavy (non-hydrogen) atoms. The van der Waals surface area contributed by atoms with Gasteiger partial charge in [0.1, 0.15) is 0 Å². The molecule has 1 aromatic heterocycles. The number of anilines is 1. The lowest BCUT2D eigenvalue weighted by Crippen LogP contribution is -2.38. The smallest absolute Gasteiger partial charge is 0.411 e. The largest absolute Gasteiger partial charge is 0.447 e. The van der Waals surface area contributed by atoms with Gasteiger partial charge in [0.2, 0.25) is 0 Å². The van der Waals surface area contributed by atoms with Gasteiger partial charge in [-0.15, -0.1) is 11.3 Å². The van der Waals surface area contributed by atoms with Crippen LogP contribution in [-0.2, 0) is 24.0 Å². The number of ether oxygens (including phenoxy) is 2.